The van der Waals surface area contributed by atoms with Crippen LogP contribution in [0.4, 0.5) is 4.39 Å². The summed E-state index contributed by atoms with van der Waals surface area (Å²) in [5.41, 5.74) is 1.13. The molecule has 0 N–H and O–H groups in total. The Labute approximate surface area is 162 Å². The van der Waals surface area contributed by atoms with Crippen LogP contribution in [0.3, 0.4) is 0 Å². The molecule has 1 aromatic rings. The van der Waals surface area contributed by atoms with E-state index in [1.807, 2.05) is 12.1 Å². The van der Waals surface area contributed by atoms with E-state index in [2.05, 4.69) is 19.1 Å². The second-order valence-electron chi connectivity index (χ2n) is 7.86. The van der Waals surface area contributed by atoms with Crippen LogP contribution in [0, 0.1) is 29.0 Å². The van der Waals surface area contributed by atoms with E-state index in [0.717, 1.165) is 57.3 Å². The number of benzene rings is 1. The van der Waals surface area contributed by atoms with E-state index >= 15 is 0 Å². The summed E-state index contributed by atoms with van der Waals surface area (Å²) in [4.78, 5) is 0. The largest absolute Gasteiger partial charge is 0.352 e. The highest BCUT2D eigenvalue weighted by atomic mass is 19.1. The predicted octanol–water partition coefficient (Wildman–Crippen LogP) is 5.71. The zero-order valence-electron chi connectivity index (χ0n) is 16.2. The van der Waals surface area contributed by atoms with Crippen LogP contribution in [0.25, 0.3) is 0 Å². The third-order valence-electron chi connectivity index (χ3n) is 5.95. The van der Waals surface area contributed by atoms with Crippen molar-refractivity contribution in [1.29, 1.82) is 5.26 Å². The molecule has 0 radical (unpaired) electrons. The van der Waals surface area contributed by atoms with Crippen molar-refractivity contribution >= 4 is 0 Å². The van der Waals surface area contributed by atoms with Gasteiger partial charge in [-0.2, -0.15) is 5.26 Å². The molecule has 0 unspecified atom stereocenters. The maximum Gasteiger partial charge on any atom is 0.160 e. The minimum atomic E-state index is -0.406. The van der Waals surface area contributed by atoms with E-state index < -0.39 is 5.82 Å². The lowest BCUT2D eigenvalue weighted by Crippen LogP contribution is -2.38. The molecule has 1 aliphatic heterocycles. The molecule has 0 aromatic heterocycles. The Morgan fingerprint density at radius 3 is 2.56 bits per heavy atom. The minimum Gasteiger partial charge on any atom is -0.352 e. The SMILES string of the molecule is C/C=C\CCCC1COC(C2CCC(c3ccc(C#N)c(F)c3)CC2)OC1. The van der Waals surface area contributed by atoms with Crippen molar-refractivity contribution in [3.63, 3.8) is 0 Å². The maximum atomic E-state index is 13.9. The molecule has 0 atom stereocenters. The lowest BCUT2D eigenvalue weighted by molar-refractivity contribution is -0.229. The molecule has 1 saturated heterocycles. The first kappa shape index (κ1) is 20.0. The van der Waals surface area contributed by atoms with Gasteiger partial charge in [0.05, 0.1) is 18.8 Å². The predicted molar refractivity (Wildman–Crippen MR) is 104 cm³/mol. The van der Waals surface area contributed by atoms with Crippen LogP contribution in [0.1, 0.15) is 68.9 Å². The summed E-state index contributed by atoms with van der Waals surface area (Å²) in [6.07, 6.45) is 11.9. The molecule has 2 aliphatic rings. The number of hydrogen-bond donors (Lipinski definition) is 0. The van der Waals surface area contributed by atoms with Gasteiger partial charge in [-0.1, -0.05) is 18.2 Å². The Bertz CT molecular complexity index is 665. The van der Waals surface area contributed by atoms with E-state index in [1.165, 1.54) is 12.5 Å². The lowest BCUT2D eigenvalue weighted by Gasteiger charge is -2.37. The Balaban J connectivity index is 1.42. The molecule has 1 heterocycles. The lowest BCUT2D eigenvalue weighted by atomic mass is 9.78. The van der Waals surface area contributed by atoms with Crippen LogP contribution < -0.4 is 0 Å². The molecule has 0 spiro atoms. The Hall–Kier alpha value is -1.70. The first-order valence-electron chi connectivity index (χ1n) is 10.2. The summed E-state index contributed by atoms with van der Waals surface area (Å²) in [5, 5.41) is 8.87. The summed E-state index contributed by atoms with van der Waals surface area (Å²) in [7, 11) is 0. The maximum absolute atomic E-state index is 13.9. The summed E-state index contributed by atoms with van der Waals surface area (Å²) < 4.78 is 26.0. The number of halogens is 1. The molecular formula is C23H30FNO2. The van der Waals surface area contributed by atoms with Gasteiger partial charge < -0.3 is 9.47 Å². The zero-order chi connectivity index (χ0) is 19.1. The Morgan fingerprint density at radius 1 is 1.19 bits per heavy atom. The second-order valence-corrected chi connectivity index (χ2v) is 7.86. The van der Waals surface area contributed by atoms with E-state index in [9.17, 15) is 4.39 Å². The monoisotopic (exact) mass is 371 g/mol. The molecule has 4 heteroatoms. The van der Waals surface area contributed by atoms with E-state index in [-0.39, 0.29) is 11.9 Å². The summed E-state index contributed by atoms with van der Waals surface area (Å²) >= 11 is 0. The molecule has 3 nitrogen and oxygen atoms in total. The van der Waals surface area contributed by atoms with Gasteiger partial charge in [-0.15, -0.1) is 0 Å². The van der Waals surface area contributed by atoms with Gasteiger partial charge in [-0.05, 0) is 75.5 Å². The average molecular weight is 371 g/mol. The number of hydrogen-bond acceptors (Lipinski definition) is 3. The van der Waals surface area contributed by atoms with Gasteiger partial charge in [0.2, 0.25) is 0 Å². The first-order valence-corrected chi connectivity index (χ1v) is 10.2. The summed E-state index contributed by atoms with van der Waals surface area (Å²) in [6, 6.07) is 6.92. The number of rotatable bonds is 6. The van der Waals surface area contributed by atoms with Crippen molar-refractivity contribution in [2.24, 2.45) is 11.8 Å². The van der Waals surface area contributed by atoms with Gasteiger partial charge in [0, 0.05) is 11.8 Å². The van der Waals surface area contributed by atoms with Gasteiger partial charge >= 0.3 is 0 Å². The average Bonchev–Trinajstić information content (AvgIpc) is 2.72. The van der Waals surface area contributed by atoms with Gasteiger partial charge in [0.15, 0.2) is 6.29 Å². The molecule has 2 fully saturated rings. The van der Waals surface area contributed by atoms with Crippen molar-refractivity contribution < 1.29 is 13.9 Å². The minimum absolute atomic E-state index is 0.0737. The van der Waals surface area contributed by atoms with Crippen LogP contribution in [0.5, 0.6) is 0 Å². The fraction of sp³-hybridized carbons (Fsp3) is 0.609. The third kappa shape index (κ3) is 5.40. The van der Waals surface area contributed by atoms with Crippen molar-refractivity contribution in [2.75, 3.05) is 13.2 Å². The first-order chi connectivity index (χ1) is 13.2. The smallest absolute Gasteiger partial charge is 0.160 e. The van der Waals surface area contributed by atoms with E-state index in [0.29, 0.717) is 17.8 Å². The molecule has 27 heavy (non-hydrogen) atoms. The van der Waals surface area contributed by atoms with Crippen LogP contribution >= 0.6 is 0 Å². The molecule has 146 valence electrons. The molecule has 1 aromatic carbocycles. The Morgan fingerprint density at radius 2 is 1.93 bits per heavy atom. The quantitative estimate of drug-likeness (QED) is 0.475. The summed E-state index contributed by atoms with van der Waals surface area (Å²) in [6.45, 7) is 3.67. The number of unbranched alkanes of at least 4 members (excludes halogenated alkanes) is 1. The molecule has 0 bridgehead atoms. The van der Waals surface area contributed by atoms with E-state index in [1.54, 1.807) is 6.07 Å². The van der Waals surface area contributed by atoms with Gasteiger partial charge in [0.25, 0.3) is 0 Å². The van der Waals surface area contributed by atoms with E-state index in [4.69, 9.17) is 14.7 Å². The van der Waals surface area contributed by atoms with Crippen molar-refractivity contribution in [3.05, 3.63) is 47.3 Å². The highest BCUT2D eigenvalue weighted by Gasteiger charge is 2.32. The van der Waals surface area contributed by atoms with Gasteiger partial charge in [-0.3, -0.25) is 0 Å². The molecule has 3 rings (SSSR count). The van der Waals surface area contributed by atoms with Crippen LogP contribution in [0.15, 0.2) is 30.4 Å². The fourth-order valence-corrected chi connectivity index (χ4v) is 4.29. The number of nitrogens with zero attached hydrogens (tertiary/aromatic N) is 1. The summed E-state index contributed by atoms with van der Waals surface area (Å²) in [5.74, 6) is 0.918. The third-order valence-corrected chi connectivity index (χ3v) is 5.95. The zero-order valence-corrected chi connectivity index (χ0v) is 16.2. The van der Waals surface area contributed by atoms with Crippen LogP contribution in [-0.2, 0) is 9.47 Å². The molecule has 0 amide bonds. The molecule has 1 saturated carbocycles. The highest BCUT2D eigenvalue weighted by Crippen LogP contribution is 2.39. The highest BCUT2D eigenvalue weighted by molar-refractivity contribution is 5.34. The molecular weight excluding hydrogens is 341 g/mol. The standard InChI is InChI=1S/C23H30FNO2/c1-2-3-4-5-6-17-15-26-23(27-16-17)19-9-7-18(8-10-19)20-11-12-21(14-25)22(24)13-20/h2-3,11-13,17-19,23H,4-10,15-16H2,1H3/b3-2-. The normalized spacial score (nSPS) is 28.9. The Kier molecular flexibility index (Phi) is 7.43. The van der Waals surface area contributed by atoms with Crippen molar-refractivity contribution in [2.45, 2.75) is 64.1 Å². The van der Waals surface area contributed by atoms with Gasteiger partial charge in [-0.25, -0.2) is 4.39 Å². The van der Waals surface area contributed by atoms with Crippen molar-refractivity contribution in [1.82, 2.24) is 0 Å². The number of allylic oxidation sites excluding steroid dienone is 2. The van der Waals surface area contributed by atoms with Gasteiger partial charge in [0.1, 0.15) is 11.9 Å². The number of nitriles is 1. The molecule has 1 aliphatic carbocycles. The topological polar surface area (TPSA) is 42.2 Å². The fourth-order valence-electron chi connectivity index (χ4n) is 4.29. The van der Waals surface area contributed by atoms with Crippen LogP contribution in [-0.4, -0.2) is 19.5 Å². The second kappa shape index (κ2) is 10.0. The van der Waals surface area contributed by atoms with Crippen molar-refractivity contribution in [3.8, 4) is 6.07 Å². The number of ether oxygens (including phenoxy) is 2. The van der Waals surface area contributed by atoms with Crippen LogP contribution in [0.2, 0.25) is 0 Å².